The van der Waals surface area contributed by atoms with Crippen molar-refractivity contribution in [3.8, 4) is 6.07 Å². The lowest BCUT2D eigenvalue weighted by Crippen LogP contribution is -1.64. The van der Waals surface area contributed by atoms with Crippen LogP contribution in [0.1, 0.15) is 7.12 Å². The molecule has 1 aromatic heterocycles. The maximum atomic E-state index is 8.15. The van der Waals surface area contributed by atoms with Gasteiger partial charge in [0.25, 0.3) is 0 Å². The van der Waals surface area contributed by atoms with Gasteiger partial charge in [-0.1, -0.05) is 0 Å². The average molecular weight is 94.1 g/mol. The molecule has 0 aliphatic rings. The summed E-state index contributed by atoms with van der Waals surface area (Å²) in [4.78, 5) is 2.73. The Morgan fingerprint density at radius 1 is 1.86 bits per heavy atom. The first kappa shape index (κ1) is 3.94. The summed E-state index contributed by atoms with van der Waals surface area (Å²) in [6, 6.07) is 5.46. The van der Waals surface area contributed by atoms with Crippen LogP contribution in [-0.2, 0) is 0 Å². The molecule has 0 aromatic carbocycles. The molecule has 0 atom stereocenters. The summed E-state index contributed by atoms with van der Waals surface area (Å²) in [5.74, 6) is 0. The molecular formula is C5H6N2. The zero-order valence-corrected chi connectivity index (χ0v) is 3.68. The van der Waals surface area contributed by atoms with E-state index in [1.165, 1.54) is 0 Å². The Labute approximate surface area is 42.9 Å². The minimum absolute atomic E-state index is 0. The Morgan fingerprint density at radius 2 is 2.71 bits per heavy atom. The van der Waals surface area contributed by atoms with Crippen molar-refractivity contribution in [1.82, 2.24) is 4.98 Å². The van der Waals surface area contributed by atoms with E-state index in [4.69, 9.17) is 5.26 Å². The van der Waals surface area contributed by atoms with E-state index in [-0.39, 0.29) is 1.43 Å². The highest BCUT2D eigenvalue weighted by atomic mass is 14.7. The largest absolute Gasteiger partial charge is 0.353 e. The van der Waals surface area contributed by atoms with Crippen LogP contribution in [-0.4, -0.2) is 4.98 Å². The molecule has 0 aliphatic heterocycles. The lowest BCUT2D eigenvalue weighted by Gasteiger charge is -1.66. The van der Waals surface area contributed by atoms with Crippen LogP contribution in [0, 0.1) is 11.3 Å². The van der Waals surface area contributed by atoms with Gasteiger partial charge in [0.2, 0.25) is 0 Å². The zero-order valence-electron chi connectivity index (χ0n) is 3.68. The lowest BCUT2D eigenvalue weighted by atomic mass is 10.5. The molecule has 1 aromatic rings. The Morgan fingerprint density at radius 3 is 3.00 bits per heavy atom. The van der Waals surface area contributed by atoms with Crippen molar-refractivity contribution in [1.29, 1.82) is 5.26 Å². The first-order valence-corrected chi connectivity index (χ1v) is 1.97. The highest BCUT2D eigenvalue weighted by molar-refractivity contribution is 5.18. The normalized spacial score (nSPS) is 7.86. The second kappa shape index (κ2) is 1.48. The summed E-state index contributed by atoms with van der Waals surface area (Å²) < 4.78 is 0. The number of aromatic nitrogens is 1. The number of hydrogen-bond acceptors (Lipinski definition) is 1. The molecule has 7 heavy (non-hydrogen) atoms. The molecular weight excluding hydrogens is 88.1 g/mol. The topological polar surface area (TPSA) is 39.6 Å². The first-order valence-electron chi connectivity index (χ1n) is 1.97. The van der Waals surface area contributed by atoms with Gasteiger partial charge in [-0.3, -0.25) is 0 Å². The van der Waals surface area contributed by atoms with Crippen molar-refractivity contribution in [2.45, 2.75) is 0 Å². The Kier molecular flexibility index (Phi) is 0.833. The number of rotatable bonds is 0. The second-order valence-electron chi connectivity index (χ2n) is 1.20. The van der Waals surface area contributed by atoms with Crippen LogP contribution < -0.4 is 0 Å². The Bertz CT molecular complexity index is 173. The van der Waals surface area contributed by atoms with Crippen molar-refractivity contribution < 1.29 is 1.43 Å². The molecule has 1 rings (SSSR count). The molecule has 0 spiro atoms. The number of H-pyrrole nitrogens is 1. The van der Waals surface area contributed by atoms with Crippen LogP contribution in [0.4, 0.5) is 0 Å². The van der Waals surface area contributed by atoms with E-state index in [9.17, 15) is 0 Å². The standard InChI is InChI=1S/C5H4N2.H2/c6-4-5-2-1-3-7-5;/h1-3,7H;1H. The van der Waals surface area contributed by atoms with Gasteiger partial charge in [0.15, 0.2) is 0 Å². The van der Waals surface area contributed by atoms with Crippen LogP contribution in [0.15, 0.2) is 18.3 Å². The van der Waals surface area contributed by atoms with Crippen molar-refractivity contribution in [3.63, 3.8) is 0 Å². The summed E-state index contributed by atoms with van der Waals surface area (Å²) in [5.41, 5.74) is 0.611. The van der Waals surface area contributed by atoms with Gasteiger partial charge < -0.3 is 4.98 Å². The molecule has 0 fully saturated rings. The van der Waals surface area contributed by atoms with Gasteiger partial charge in [0, 0.05) is 7.62 Å². The van der Waals surface area contributed by atoms with Gasteiger partial charge in [-0.25, -0.2) is 0 Å². The molecule has 1 heterocycles. The van der Waals surface area contributed by atoms with E-state index in [0.717, 1.165) is 0 Å². The van der Waals surface area contributed by atoms with E-state index in [1.54, 1.807) is 18.3 Å². The minimum Gasteiger partial charge on any atom is -0.353 e. The molecule has 0 saturated carbocycles. The fourth-order valence-electron chi connectivity index (χ4n) is 0.400. The summed E-state index contributed by atoms with van der Waals surface area (Å²) in [7, 11) is 0. The Balaban J connectivity index is 0.000000490. The fourth-order valence-corrected chi connectivity index (χ4v) is 0.400. The highest BCUT2D eigenvalue weighted by Gasteiger charge is 1.80. The molecule has 0 saturated heterocycles. The van der Waals surface area contributed by atoms with Crippen LogP contribution in [0.25, 0.3) is 0 Å². The van der Waals surface area contributed by atoms with Crippen molar-refractivity contribution in [2.24, 2.45) is 0 Å². The van der Waals surface area contributed by atoms with E-state index < -0.39 is 0 Å². The maximum Gasteiger partial charge on any atom is 0.117 e. The third kappa shape index (κ3) is 0.606. The minimum atomic E-state index is 0. The second-order valence-corrected chi connectivity index (χ2v) is 1.20. The smallest absolute Gasteiger partial charge is 0.117 e. The van der Waals surface area contributed by atoms with Crippen LogP contribution >= 0.6 is 0 Å². The number of nitrogens with zero attached hydrogens (tertiary/aromatic N) is 1. The molecule has 2 heteroatoms. The van der Waals surface area contributed by atoms with Crippen LogP contribution in [0.3, 0.4) is 0 Å². The first-order chi connectivity index (χ1) is 3.43. The van der Waals surface area contributed by atoms with Crippen molar-refractivity contribution >= 4 is 0 Å². The molecule has 0 unspecified atom stereocenters. The van der Waals surface area contributed by atoms with Gasteiger partial charge in [-0.15, -0.1) is 0 Å². The molecule has 2 nitrogen and oxygen atoms in total. The number of hydrogen-bond donors (Lipinski definition) is 1. The third-order valence-electron chi connectivity index (χ3n) is 0.718. The quantitative estimate of drug-likeness (QED) is 0.514. The van der Waals surface area contributed by atoms with E-state index in [2.05, 4.69) is 4.98 Å². The maximum absolute atomic E-state index is 8.15. The predicted octanol–water partition coefficient (Wildman–Crippen LogP) is 1.13. The third-order valence-corrected chi connectivity index (χ3v) is 0.718. The zero-order chi connectivity index (χ0) is 5.11. The number of aromatic amines is 1. The van der Waals surface area contributed by atoms with Crippen molar-refractivity contribution in [2.75, 3.05) is 0 Å². The summed E-state index contributed by atoms with van der Waals surface area (Å²) in [6.07, 6.45) is 1.72. The van der Waals surface area contributed by atoms with Crippen molar-refractivity contribution in [3.05, 3.63) is 24.0 Å². The SMILES string of the molecule is N#Cc1ccc[nH]1.[HH]. The average Bonchev–Trinajstić information content (AvgIpc) is 2.14. The van der Waals surface area contributed by atoms with Gasteiger partial charge in [0.05, 0.1) is 0 Å². The number of nitriles is 1. The fraction of sp³-hybridized carbons (Fsp3) is 0. The van der Waals surface area contributed by atoms with E-state index >= 15 is 0 Å². The number of nitrogens with one attached hydrogen (secondary N) is 1. The summed E-state index contributed by atoms with van der Waals surface area (Å²) in [5, 5.41) is 8.15. The molecule has 0 amide bonds. The molecule has 0 radical (unpaired) electrons. The van der Waals surface area contributed by atoms with E-state index in [1.807, 2.05) is 6.07 Å². The van der Waals surface area contributed by atoms with Crippen LogP contribution in [0.5, 0.6) is 0 Å². The lowest BCUT2D eigenvalue weighted by molar-refractivity contribution is 1.33. The molecule has 0 aliphatic carbocycles. The van der Waals surface area contributed by atoms with Gasteiger partial charge in [0.1, 0.15) is 11.8 Å². The predicted molar refractivity (Wildman–Crippen MR) is 27.6 cm³/mol. The summed E-state index contributed by atoms with van der Waals surface area (Å²) >= 11 is 0. The summed E-state index contributed by atoms with van der Waals surface area (Å²) in [6.45, 7) is 0. The van der Waals surface area contributed by atoms with Gasteiger partial charge >= 0.3 is 0 Å². The van der Waals surface area contributed by atoms with Gasteiger partial charge in [-0.05, 0) is 12.1 Å². The Hall–Kier alpha value is -1.23. The van der Waals surface area contributed by atoms with Crippen LogP contribution in [0.2, 0.25) is 0 Å². The molecule has 0 bridgehead atoms. The molecule has 1 N–H and O–H groups in total. The monoisotopic (exact) mass is 94.1 g/mol. The van der Waals surface area contributed by atoms with Gasteiger partial charge in [-0.2, -0.15) is 5.26 Å². The highest BCUT2D eigenvalue weighted by Crippen LogP contribution is 1.87. The van der Waals surface area contributed by atoms with E-state index in [0.29, 0.717) is 5.69 Å². The molecule has 36 valence electrons.